The third kappa shape index (κ3) is 7.70. The summed E-state index contributed by atoms with van der Waals surface area (Å²) in [4.78, 5) is 0. The van der Waals surface area contributed by atoms with Crippen LogP contribution >= 0.6 is 0 Å². The van der Waals surface area contributed by atoms with Crippen LogP contribution in [0.4, 0.5) is 0 Å². The fourth-order valence-corrected chi connectivity index (χ4v) is 0.635. The Bertz CT molecular complexity index is 88.7. The highest BCUT2D eigenvalue weighted by atomic mass is 14.6. The molecule has 0 aromatic carbocycles. The molecule has 9 heavy (non-hydrogen) atoms. The Balaban J connectivity index is 3.20. The molecule has 0 saturated heterocycles. The van der Waals surface area contributed by atoms with E-state index in [4.69, 9.17) is 5.73 Å². The first-order valence-corrected chi connectivity index (χ1v) is 3.52. The normalized spacial score (nSPS) is 12.9. The molecule has 0 radical (unpaired) electrons. The molecule has 0 saturated carbocycles. The Labute approximate surface area is 57.9 Å². The lowest BCUT2D eigenvalue weighted by molar-refractivity contribution is 0.674. The number of nitrogens with two attached hydrogens (primary N) is 1. The molecule has 0 aliphatic rings. The molecule has 0 spiro atoms. The van der Waals surface area contributed by atoms with E-state index in [0.717, 1.165) is 12.8 Å². The molecule has 1 atom stereocenters. The fraction of sp³-hybridized carbons (Fsp3) is 0.750. The minimum atomic E-state index is 0.348. The Morgan fingerprint density at radius 1 is 1.56 bits per heavy atom. The van der Waals surface area contributed by atoms with Gasteiger partial charge in [0.05, 0.1) is 0 Å². The molecule has 2 N–H and O–H groups in total. The number of hydrogen-bond donors (Lipinski definition) is 1. The van der Waals surface area contributed by atoms with E-state index in [0.29, 0.717) is 6.04 Å². The quantitative estimate of drug-likeness (QED) is 0.577. The lowest BCUT2D eigenvalue weighted by atomic mass is 10.1. The van der Waals surface area contributed by atoms with E-state index in [9.17, 15) is 0 Å². The predicted molar refractivity (Wildman–Crippen MR) is 42.3 cm³/mol. The van der Waals surface area contributed by atoms with Crippen LogP contribution in [0.3, 0.4) is 0 Å². The van der Waals surface area contributed by atoms with E-state index in [1.807, 2.05) is 6.92 Å². The van der Waals surface area contributed by atoms with Crippen molar-refractivity contribution >= 4 is 0 Å². The van der Waals surface area contributed by atoms with Gasteiger partial charge >= 0.3 is 0 Å². The molecule has 0 heterocycles. The molecule has 0 rings (SSSR count). The predicted octanol–water partition coefficient (Wildman–Crippen LogP) is 2.08. The number of rotatable bonds is 3. The topological polar surface area (TPSA) is 26.0 Å². The molecular formula is C8H17N. The molecule has 0 aliphatic carbocycles. The van der Waals surface area contributed by atoms with Crippen LogP contribution in [0.25, 0.3) is 0 Å². The monoisotopic (exact) mass is 127 g/mol. The molecule has 0 bridgehead atoms. The van der Waals surface area contributed by atoms with E-state index < -0.39 is 0 Å². The third-order valence-electron chi connectivity index (χ3n) is 1.17. The largest absolute Gasteiger partial charge is 0.328 e. The zero-order chi connectivity index (χ0) is 7.28. The Kier molecular flexibility index (Phi) is 4.41. The van der Waals surface area contributed by atoms with Crippen LogP contribution in [-0.4, -0.2) is 6.04 Å². The van der Waals surface area contributed by atoms with Gasteiger partial charge in [0.2, 0.25) is 0 Å². The van der Waals surface area contributed by atoms with Gasteiger partial charge in [0.25, 0.3) is 0 Å². The Morgan fingerprint density at radius 2 is 2.11 bits per heavy atom. The van der Waals surface area contributed by atoms with Crippen molar-refractivity contribution in [3.8, 4) is 0 Å². The zero-order valence-electron chi connectivity index (χ0n) is 6.65. The van der Waals surface area contributed by atoms with Gasteiger partial charge < -0.3 is 5.73 Å². The van der Waals surface area contributed by atoms with E-state index in [-0.39, 0.29) is 0 Å². The summed E-state index contributed by atoms with van der Waals surface area (Å²) in [5, 5.41) is 0. The molecule has 0 aromatic heterocycles. The maximum atomic E-state index is 5.55. The highest BCUT2D eigenvalue weighted by molar-refractivity contribution is 4.92. The standard InChI is InChI=1S/C8H17N/c1-7(2)5-4-6-8(3)9/h5,8H,4,6,9H2,1-3H3. The molecule has 1 unspecified atom stereocenters. The first kappa shape index (κ1) is 8.70. The average Bonchev–Trinajstić information content (AvgIpc) is 1.63. The Hall–Kier alpha value is -0.300. The van der Waals surface area contributed by atoms with E-state index in [2.05, 4.69) is 19.9 Å². The van der Waals surface area contributed by atoms with E-state index in [1.165, 1.54) is 5.57 Å². The van der Waals surface area contributed by atoms with Gasteiger partial charge in [-0.15, -0.1) is 0 Å². The summed E-state index contributed by atoms with van der Waals surface area (Å²) in [6.07, 6.45) is 4.45. The van der Waals surface area contributed by atoms with E-state index in [1.54, 1.807) is 0 Å². The third-order valence-corrected chi connectivity index (χ3v) is 1.17. The molecular weight excluding hydrogens is 110 g/mol. The fourth-order valence-electron chi connectivity index (χ4n) is 0.635. The van der Waals surface area contributed by atoms with Crippen molar-refractivity contribution in [1.29, 1.82) is 0 Å². The summed E-state index contributed by atoms with van der Waals surface area (Å²) in [6.45, 7) is 6.27. The van der Waals surface area contributed by atoms with Crippen molar-refractivity contribution in [2.24, 2.45) is 5.73 Å². The van der Waals surface area contributed by atoms with Gasteiger partial charge in [0, 0.05) is 6.04 Å². The van der Waals surface area contributed by atoms with Gasteiger partial charge in [-0.2, -0.15) is 0 Å². The highest BCUT2D eigenvalue weighted by Crippen LogP contribution is 1.98. The maximum Gasteiger partial charge on any atom is 0.00134 e. The van der Waals surface area contributed by atoms with Gasteiger partial charge in [0.1, 0.15) is 0 Å². The van der Waals surface area contributed by atoms with Crippen LogP contribution in [0.2, 0.25) is 0 Å². The SMILES string of the molecule is CC(C)=CCCC(C)N. The van der Waals surface area contributed by atoms with Crippen molar-refractivity contribution in [3.63, 3.8) is 0 Å². The van der Waals surface area contributed by atoms with Crippen LogP contribution < -0.4 is 5.73 Å². The van der Waals surface area contributed by atoms with Crippen molar-refractivity contribution in [2.75, 3.05) is 0 Å². The second kappa shape index (κ2) is 4.57. The number of allylic oxidation sites excluding steroid dienone is 2. The van der Waals surface area contributed by atoms with Gasteiger partial charge in [-0.1, -0.05) is 11.6 Å². The van der Waals surface area contributed by atoms with E-state index >= 15 is 0 Å². The summed E-state index contributed by atoms with van der Waals surface area (Å²) in [5.74, 6) is 0. The first-order valence-electron chi connectivity index (χ1n) is 3.52. The van der Waals surface area contributed by atoms with Gasteiger partial charge in [-0.3, -0.25) is 0 Å². The van der Waals surface area contributed by atoms with Crippen molar-refractivity contribution < 1.29 is 0 Å². The highest BCUT2D eigenvalue weighted by Gasteiger charge is 1.89. The molecule has 0 aromatic rings. The average molecular weight is 127 g/mol. The second-order valence-corrected chi connectivity index (χ2v) is 2.84. The summed E-state index contributed by atoms with van der Waals surface area (Å²) < 4.78 is 0. The van der Waals surface area contributed by atoms with Crippen LogP contribution in [-0.2, 0) is 0 Å². The summed E-state index contributed by atoms with van der Waals surface area (Å²) >= 11 is 0. The molecule has 1 heteroatoms. The van der Waals surface area contributed by atoms with Crippen molar-refractivity contribution in [2.45, 2.75) is 39.7 Å². The maximum absolute atomic E-state index is 5.55. The lowest BCUT2D eigenvalue weighted by Gasteiger charge is -1.99. The molecule has 54 valence electrons. The van der Waals surface area contributed by atoms with Gasteiger partial charge in [0.15, 0.2) is 0 Å². The zero-order valence-corrected chi connectivity index (χ0v) is 6.65. The second-order valence-electron chi connectivity index (χ2n) is 2.84. The van der Waals surface area contributed by atoms with Crippen molar-refractivity contribution in [1.82, 2.24) is 0 Å². The first-order chi connectivity index (χ1) is 4.13. The minimum absolute atomic E-state index is 0.348. The molecule has 0 aliphatic heterocycles. The number of hydrogen-bond acceptors (Lipinski definition) is 1. The van der Waals surface area contributed by atoms with Gasteiger partial charge in [-0.05, 0) is 33.6 Å². The van der Waals surface area contributed by atoms with Crippen LogP contribution in [0.15, 0.2) is 11.6 Å². The minimum Gasteiger partial charge on any atom is -0.328 e. The summed E-state index contributed by atoms with van der Waals surface area (Å²) in [6, 6.07) is 0.348. The van der Waals surface area contributed by atoms with Crippen LogP contribution in [0, 0.1) is 0 Å². The molecule has 0 fully saturated rings. The summed E-state index contributed by atoms with van der Waals surface area (Å²) in [5.41, 5.74) is 6.93. The lowest BCUT2D eigenvalue weighted by Crippen LogP contribution is -2.13. The smallest absolute Gasteiger partial charge is 0.00134 e. The summed E-state index contributed by atoms with van der Waals surface area (Å²) in [7, 11) is 0. The van der Waals surface area contributed by atoms with Gasteiger partial charge in [-0.25, -0.2) is 0 Å². The van der Waals surface area contributed by atoms with Crippen LogP contribution in [0.5, 0.6) is 0 Å². The van der Waals surface area contributed by atoms with Crippen LogP contribution in [0.1, 0.15) is 33.6 Å². The molecule has 1 nitrogen and oxygen atoms in total. The Morgan fingerprint density at radius 3 is 2.44 bits per heavy atom. The molecule has 0 amide bonds. The van der Waals surface area contributed by atoms with Crippen molar-refractivity contribution in [3.05, 3.63) is 11.6 Å².